The summed E-state index contributed by atoms with van der Waals surface area (Å²) in [4.78, 5) is 23.1. The first-order valence-electron chi connectivity index (χ1n) is 6.48. The minimum absolute atomic E-state index is 0.126. The lowest BCUT2D eigenvalue weighted by molar-refractivity contribution is -0.128. The Balaban J connectivity index is 1.73. The van der Waals surface area contributed by atoms with Gasteiger partial charge in [-0.3, -0.25) is 9.59 Å². The van der Waals surface area contributed by atoms with E-state index < -0.39 is 6.04 Å². The van der Waals surface area contributed by atoms with Gasteiger partial charge in [-0.2, -0.15) is 0 Å². The van der Waals surface area contributed by atoms with Crippen molar-refractivity contribution < 1.29 is 9.59 Å². The maximum atomic E-state index is 12.0. The number of hydrogen-bond donors (Lipinski definition) is 2. The summed E-state index contributed by atoms with van der Waals surface area (Å²) in [6.45, 7) is 0.507. The van der Waals surface area contributed by atoms with Crippen LogP contribution in [0, 0.1) is 0 Å². The molecule has 100 valence electrons. The zero-order chi connectivity index (χ0) is 13.9. The van der Waals surface area contributed by atoms with E-state index in [2.05, 4.69) is 10.6 Å². The molecule has 2 amide bonds. The third-order valence-corrected chi connectivity index (χ3v) is 3.36. The summed E-state index contributed by atoms with van der Waals surface area (Å²) < 4.78 is 0. The van der Waals surface area contributed by atoms with Gasteiger partial charge in [0, 0.05) is 12.1 Å². The molecule has 20 heavy (non-hydrogen) atoms. The van der Waals surface area contributed by atoms with E-state index in [1.165, 1.54) is 0 Å². The number of hydrogen-bond acceptors (Lipinski definition) is 2. The van der Waals surface area contributed by atoms with Crippen molar-refractivity contribution in [1.82, 2.24) is 10.6 Å². The smallest absolute Gasteiger partial charge is 0.251 e. The maximum Gasteiger partial charge on any atom is 0.251 e. The first-order valence-corrected chi connectivity index (χ1v) is 6.48. The summed E-state index contributed by atoms with van der Waals surface area (Å²) in [5, 5.41) is 5.28. The van der Waals surface area contributed by atoms with Crippen molar-refractivity contribution >= 4 is 11.8 Å². The molecule has 3 rings (SSSR count). The predicted molar refractivity (Wildman–Crippen MR) is 76.1 cm³/mol. The number of β-lactam (4-membered cyclic amide) rings is 1. The molecule has 0 saturated carbocycles. The van der Waals surface area contributed by atoms with E-state index in [4.69, 9.17) is 0 Å². The van der Waals surface area contributed by atoms with Crippen molar-refractivity contribution in [3.8, 4) is 11.1 Å². The molecule has 4 heteroatoms. The molecule has 0 radical (unpaired) electrons. The summed E-state index contributed by atoms with van der Waals surface area (Å²) in [5.41, 5.74) is 2.73. The minimum atomic E-state index is -0.392. The second-order valence-electron chi connectivity index (χ2n) is 4.71. The highest BCUT2D eigenvalue weighted by Gasteiger charge is 2.29. The largest absolute Gasteiger partial charge is 0.352 e. The molecule has 1 aliphatic heterocycles. The zero-order valence-electron chi connectivity index (χ0n) is 10.8. The molecule has 1 heterocycles. The molecule has 0 bridgehead atoms. The van der Waals surface area contributed by atoms with Crippen LogP contribution in [0.1, 0.15) is 10.4 Å². The van der Waals surface area contributed by atoms with E-state index in [1.54, 1.807) is 12.1 Å². The Morgan fingerprint density at radius 2 is 1.65 bits per heavy atom. The van der Waals surface area contributed by atoms with Gasteiger partial charge in [-0.1, -0.05) is 42.5 Å². The van der Waals surface area contributed by atoms with Crippen LogP contribution >= 0.6 is 0 Å². The zero-order valence-corrected chi connectivity index (χ0v) is 10.8. The van der Waals surface area contributed by atoms with Gasteiger partial charge in [0.2, 0.25) is 5.91 Å². The molecular formula is C16H14N2O2. The fourth-order valence-corrected chi connectivity index (χ4v) is 2.09. The van der Waals surface area contributed by atoms with Crippen molar-refractivity contribution in [3.05, 3.63) is 60.2 Å². The van der Waals surface area contributed by atoms with Crippen molar-refractivity contribution in [1.29, 1.82) is 0 Å². The van der Waals surface area contributed by atoms with E-state index in [1.807, 2.05) is 42.5 Å². The summed E-state index contributed by atoms with van der Waals surface area (Å²) in [5.74, 6) is -0.344. The molecule has 1 aliphatic rings. The normalized spacial score (nSPS) is 17.0. The van der Waals surface area contributed by atoms with Crippen LogP contribution in [0.25, 0.3) is 11.1 Å². The van der Waals surface area contributed by atoms with E-state index in [9.17, 15) is 9.59 Å². The first kappa shape index (κ1) is 12.4. The summed E-state index contributed by atoms with van der Waals surface area (Å²) in [7, 11) is 0. The van der Waals surface area contributed by atoms with Gasteiger partial charge in [-0.05, 0) is 23.3 Å². The summed E-state index contributed by atoms with van der Waals surface area (Å²) in [6, 6.07) is 16.9. The van der Waals surface area contributed by atoms with Crippen LogP contribution < -0.4 is 10.6 Å². The number of benzene rings is 2. The maximum absolute atomic E-state index is 12.0. The van der Waals surface area contributed by atoms with Crippen LogP contribution in [-0.4, -0.2) is 24.4 Å². The molecule has 1 saturated heterocycles. The molecule has 4 nitrogen and oxygen atoms in total. The molecule has 1 unspecified atom stereocenters. The number of carbonyl (C=O) groups is 2. The van der Waals surface area contributed by atoms with Crippen molar-refractivity contribution in [2.75, 3.05) is 6.54 Å². The monoisotopic (exact) mass is 266 g/mol. The summed E-state index contributed by atoms with van der Waals surface area (Å²) in [6.07, 6.45) is 0. The van der Waals surface area contributed by atoms with Gasteiger partial charge < -0.3 is 10.6 Å². The van der Waals surface area contributed by atoms with Crippen LogP contribution in [0.2, 0.25) is 0 Å². The Labute approximate surface area is 116 Å². The number of amides is 2. The Morgan fingerprint density at radius 1 is 1.00 bits per heavy atom. The van der Waals surface area contributed by atoms with Crippen LogP contribution in [0.4, 0.5) is 0 Å². The van der Waals surface area contributed by atoms with Gasteiger partial charge in [0.05, 0.1) is 0 Å². The van der Waals surface area contributed by atoms with Gasteiger partial charge in [0.15, 0.2) is 0 Å². The highest BCUT2D eigenvalue weighted by atomic mass is 16.2. The molecule has 0 spiro atoms. The third-order valence-electron chi connectivity index (χ3n) is 3.36. The Morgan fingerprint density at radius 3 is 2.20 bits per heavy atom. The number of carbonyl (C=O) groups excluding carboxylic acids is 2. The van der Waals surface area contributed by atoms with Crippen molar-refractivity contribution in [2.24, 2.45) is 0 Å². The Hall–Kier alpha value is -2.62. The van der Waals surface area contributed by atoms with Crippen molar-refractivity contribution in [2.45, 2.75) is 6.04 Å². The lowest BCUT2D eigenvalue weighted by Gasteiger charge is -2.26. The molecule has 2 N–H and O–H groups in total. The van der Waals surface area contributed by atoms with Gasteiger partial charge in [0.25, 0.3) is 5.91 Å². The Bertz CT molecular complexity index is 635. The van der Waals surface area contributed by atoms with E-state index >= 15 is 0 Å². The van der Waals surface area contributed by atoms with Crippen molar-refractivity contribution in [3.63, 3.8) is 0 Å². The fraction of sp³-hybridized carbons (Fsp3) is 0.125. The highest BCUT2D eigenvalue weighted by Crippen LogP contribution is 2.19. The molecule has 1 atom stereocenters. The average Bonchev–Trinajstić information content (AvgIpc) is 2.52. The first-order chi connectivity index (χ1) is 9.74. The summed E-state index contributed by atoms with van der Waals surface area (Å²) >= 11 is 0. The SMILES string of the molecule is O=C(NC1CNC1=O)c1ccc(-c2ccccc2)cc1. The van der Waals surface area contributed by atoms with Crippen LogP contribution in [0.5, 0.6) is 0 Å². The second kappa shape index (κ2) is 5.17. The quantitative estimate of drug-likeness (QED) is 0.829. The average molecular weight is 266 g/mol. The molecule has 2 aromatic carbocycles. The van der Waals surface area contributed by atoms with Gasteiger partial charge in [-0.25, -0.2) is 0 Å². The Kier molecular flexibility index (Phi) is 3.21. The van der Waals surface area contributed by atoms with Gasteiger partial charge in [-0.15, -0.1) is 0 Å². The molecular weight excluding hydrogens is 252 g/mol. The lowest BCUT2D eigenvalue weighted by Crippen LogP contribution is -2.61. The van der Waals surface area contributed by atoms with E-state index in [0.29, 0.717) is 12.1 Å². The second-order valence-corrected chi connectivity index (χ2v) is 4.71. The van der Waals surface area contributed by atoms with E-state index in [0.717, 1.165) is 11.1 Å². The lowest BCUT2D eigenvalue weighted by atomic mass is 10.0. The van der Waals surface area contributed by atoms with Gasteiger partial charge >= 0.3 is 0 Å². The topological polar surface area (TPSA) is 58.2 Å². The highest BCUT2D eigenvalue weighted by molar-refractivity contribution is 5.99. The third kappa shape index (κ3) is 2.40. The predicted octanol–water partition coefficient (Wildman–Crippen LogP) is 1.58. The molecule has 1 fully saturated rings. The number of rotatable bonds is 3. The molecule has 0 aliphatic carbocycles. The van der Waals surface area contributed by atoms with Crippen LogP contribution in [-0.2, 0) is 4.79 Å². The standard InChI is InChI=1S/C16H14N2O2/c19-15(18-14-10-17-16(14)20)13-8-6-12(7-9-13)11-4-2-1-3-5-11/h1-9,14H,10H2,(H,17,20)(H,18,19). The molecule has 0 aromatic heterocycles. The minimum Gasteiger partial charge on any atom is -0.352 e. The van der Waals surface area contributed by atoms with Crippen LogP contribution in [0.15, 0.2) is 54.6 Å². The molecule has 2 aromatic rings. The van der Waals surface area contributed by atoms with Gasteiger partial charge in [0.1, 0.15) is 6.04 Å². The van der Waals surface area contributed by atoms with Crippen LogP contribution in [0.3, 0.4) is 0 Å². The van der Waals surface area contributed by atoms with E-state index in [-0.39, 0.29) is 11.8 Å². The number of nitrogens with one attached hydrogen (secondary N) is 2. The fourth-order valence-electron chi connectivity index (χ4n) is 2.09.